The van der Waals surface area contributed by atoms with Gasteiger partial charge in [0.15, 0.2) is 0 Å². The average Bonchev–Trinajstić information content (AvgIpc) is 2.25. The van der Waals surface area contributed by atoms with Crippen molar-refractivity contribution in [2.24, 2.45) is 0 Å². The molecule has 0 saturated heterocycles. The van der Waals surface area contributed by atoms with E-state index in [4.69, 9.17) is 10.5 Å². The van der Waals surface area contributed by atoms with Gasteiger partial charge in [-0.2, -0.15) is 0 Å². The fourth-order valence-corrected chi connectivity index (χ4v) is 1.47. The minimum atomic E-state index is -0.273. The number of nitrogen functional groups attached to an aromatic ring is 1. The van der Waals surface area contributed by atoms with E-state index in [1.165, 1.54) is 12.4 Å². The molecule has 2 aromatic rings. The zero-order chi connectivity index (χ0) is 11.5. The number of H-pyrrole nitrogens is 1. The lowest BCUT2D eigenvalue weighted by Gasteiger charge is -2.07. The van der Waals surface area contributed by atoms with Gasteiger partial charge in [-0.25, -0.2) is 4.98 Å². The van der Waals surface area contributed by atoms with Crippen molar-refractivity contribution >= 4 is 21.6 Å². The number of aromatic amines is 1. The van der Waals surface area contributed by atoms with E-state index in [9.17, 15) is 4.79 Å². The average molecular weight is 282 g/mol. The predicted molar refractivity (Wildman–Crippen MR) is 63.5 cm³/mol. The summed E-state index contributed by atoms with van der Waals surface area (Å²) in [6, 6.07) is 6.48. The first-order valence-corrected chi connectivity index (χ1v) is 5.22. The van der Waals surface area contributed by atoms with E-state index in [1.54, 1.807) is 18.2 Å². The van der Waals surface area contributed by atoms with Crippen molar-refractivity contribution in [3.63, 3.8) is 0 Å². The summed E-state index contributed by atoms with van der Waals surface area (Å²) in [5.74, 6) is 0.730. The number of rotatable bonds is 2. The van der Waals surface area contributed by atoms with E-state index in [0.29, 0.717) is 15.9 Å². The fraction of sp³-hybridized carbons (Fsp3) is 0. The minimum Gasteiger partial charge on any atom is -0.438 e. The van der Waals surface area contributed by atoms with Crippen LogP contribution < -0.4 is 16.0 Å². The van der Waals surface area contributed by atoms with Crippen molar-refractivity contribution in [1.82, 2.24) is 9.97 Å². The third kappa shape index (κ3) is 2.22. The van der Waals surface area contributed by atoms with Gasteiger partial charge in [0.1, 0.15) is 5.75 Å². The molecule has 0 spiro atoms. The molecule has 1 heterocycles. The molecule has 0 saturated carbocycles. The monoisotopic (exact) mass is 281 g/mol. The summed E-state index contributed by atoms with van der Waals surface area (Å²) in [6.45, 7) is 0. The smallest absolute Gasteiger partial charge is 0.254 e. The van der Waals surface area contributed by atoms with Crippen LogP contribution in [0.2, 0.25) is 0 Å². The highest BCUT2D eigenvalue weighted by Gasteiger charge is 2.06. The second-order valence-corrected chi connectivity index (χ2v) is 3.80. The first kappa shape index (κ1) is 10.7. The molecule has 6 heteroatoms. The first-order chi connectivity index (χ1) is 7.66. The van der Waals surface area contributed by atoms with Crippen LogP contribution in [0.1, 0.15) is 0 Å². The number of hydrogen-bond donors (Lipinski definition) is 2. The molecule has 3 N–H and O–H groups in total. The highest BCUT2D eigenvalue weighted by molar-refractivity contribution is 9.10. The van der Waals surface area contributed by atoms with Crippen LogP contribution in [0.4, 0.5) is 5.69 Å². The Bertz CT molecular complexity index is 568. The molecule has 0 aliphatic heterocycles. The number of benzene rings is 1. The van der Waals surface area contributed by atoms with Crippen LogP contribution in [0.25, 0.3) is 0 Å². The Kier molecular flexibility index (Phi) is 2.91. The summed E-state index contributed by atoms with van der Waals surface area (Å²) in [7, 11) is 0. The Balaban J connectivity index is 2.34. The number of nitrogens with two attached hydrogens (primary N) is 1. The fourth-order valence-electron chi connectivity index (χ4n) is 1.13. The summed E-state index contributed by atoms with van der Waals surface area (Å²) in [5.41, 5.74) is 5.97. The molecule has 5 nitrogen and oxygen atoms in total. The van der Waals surface area contributed by atoms with Crippen LogP contribution in [0, 0.1) is 0 Å². The van der Waals surface area contributed by atoms with E-state index < -0.39 is 0 Å². The lowest BCUT2D eigenvalue weighted by Crippen LogP contribution is -2.04. The third-order valence-electron chi connectivity index (χ3n) is 1.86. The third-order valence-corrected chi connectivity index (χ3v) is 2.71. The van der Waals surface area contributed by atoms with Crippen molar-refractivity contribution in [3.8, 4) is 11.6 Å². The number of anilines is 1. The van der Waals surface area contributed by atoms with Crippen LogP contribution in [-0.2, 0) is 0 Å². The topological polar surface area (TPSA) is 81.0 Å². The van der Waals surface area contributed by atoms with E-state index in [-0.39, 0.29) is 11.4 Å². The van der Waals surface area contributed by atoms with Gasteiger partial charge in [-0.1, -0.05) is 6.07 Å². The van der Waals surface area contributed by atoms with Gasteiger partial charge >= 0.3 is 0 Å². The van der Waals surface area contributed by atoms with Gasteiger partial charge in [-0.15, -0.1) is 0 Å². The minimum absolute atomic E-state index is 0.218. The predicted octanol–water partition coefficient (Wildman–Crippen LogP) is 1.91. The van der Waals surface area contributed by atoms with Crippen LogP contribution in [0.5, 0.6) is 11.6 Å². The molecule has 1 aromatic heterocycles. The number of nitrogens with one attached hydrogen (secondary N) is 1. The van der Waals surface area contributed by atoms with Gasteiger partial charge in [0.2, 0.25) is 5.88 Å². The number of halogens is 1. The SMILES string of the molecule is Nc1cccc(Oc2cc(=O)[nH]cn2)c1Br. The van der Waals surface area contributed by atoms with Gasteiger partial charge in [-0.3, -0.25) is 4.79 Å². The number of ether oxygens (including phenoxy) is 1. The van der Waals surface area contributed by atoms with E-state index in [0.717, 1.165) is 0 Å². The highest BCUT2D eigenvalue weighted by Crippen LogP contribution is 2.32. The Hall–Kier alpha value is -1.82. The zero-order valence-electron chi connectivity index (χ0n) is 8.11. The Morgan fingerprint density at radius 1 is 1.44 bits per heavy atom. The summed E-state index contributed by atoms with van der Waals surface area (Å²) < 4.78 is 6.05. The quantitative estimate of drug-likeness (QED) is 0.824. The maximum atomic E-state index is 11.0. The molecule has 0 unspecified atom stereocenters. The van der Waals surface area contributed by atoms with E-state index in [2.05, 4.69) is 25.9 Å². The second-order valence-electron chi connectivity index (χ2n) is 3.01. The van der Waals surface area contributed by atoms with Crippen LogP contribution in [0.15, 0.2) is 39.9 Å². The first-order valence-electron chi connectivity index (χ1n) is 4.43. The molecule has 0 amide bonds. The van der Waals surface area contributed by atoms with Crippen molar-refractivity contribution in [2.75, 3.05) is 5.73 Å². The van der Waals surface area contributed by atoms with Gasteiger partial charge in [0.05, 0.1) is 16.9 Å². The summed E-state index contributed by atoms with van der Waals surface area (Å²) >= 11 is 3.29. The van der Waals surface area contributed by atoms with Crippen molar-refractivity contribution in [3.05, 3.63) is 45.4 Å². The van der Waals surface area contributed by atoms with Crippen molar-refractivity contribution in [2.45, 2.75) is 0 Å². The van der Waals surface area contributed by atoms with Crippen molar-refractivity contribution < 1.29 is 4.74 Å². The highest BCUT2D eigenvalue weighted by atomic mass is 79.9. The molecule has 16 heavy (non-hydrogen) atoms. The Morgan fingerprint density at radius 3 is 3.00 bits per heavy atom. The number of nitrogens with zero attached hydrogens (tertiary/aromatic N) is 1. The maximum absolute atomic E-state index is 11.0. The molecule has 0 aliphatic carbocycles. The van der Waals surface area contributed by atoms with Gasteiger partial charge in [-0.05, 0) is 28.1 Å². The zero-order valence-corrected chi connectivity index (χ0v) is 9.69. The van der Waals surface area contributed by atoms with Gasteiger partial charge in [0, 0.05) is 5.69 Å². The standard InChI is InChI=1S/C10H8BrN3O2/c11-10-6(12)2-1-3-7(10)16-9-4-8(15)13-5-14-9/h1-5H,12H2,(H,13,14,15). The Morgan fingerprint density at radius 2 is 2.25 bits per heavy atom. The Labute approximate surface area is 99.4 Å². The normalized spacial score (nSPS) is 10.1. The second kappa shape index (κ2) is 4.36. The lowest BCUT2D eigenvalue weighted by atomic mass is 10.3. The molecular weight excluding hydrogens is 274 g/mol. The number of hydrogen-bond acceptors (Lipinski definition) is 4. The van der Waals surface area contributed by atoms with E-state index >= 15 is 0 Å². The van der Waals surface area contributed by atoms with Crippen LogP contribution in [-0.4, -0.2) is 9.97 Å². The lowest BCUT2D eigenvalue weighted by molar-refractivity contribution is 0.458. The molecule has 0 bridgehead atoms. The summed E-state index contributed by atoms with van der Waals surface area (Å²) in [6.07, 6.45) is 1.28. The number of aromatic nitrogens is 2. The molecule has 2 rings (SSSR count). The molecule has 0 radical (unpaired) electrons. The maximum Gasteiger partial charge on any atom is 0.254 e. The molecule has 0 aliphatic rings. The van der Waals surface area contributed by atoms with E-state index in [1.807, 2.05) is 0 Å². The molecule has 1 aromatic carbocycles. The largest absolute Gasteiger partial charge is 0.438 e. The van der Waals surface area contributed by atoms with Gasteiger partial charge < -0.3 is 15.5 Å². The van der Waals surface area contributed by atoms with Crippen LogP contribution in [0.3, 0.4) is 0 Å². The molecule has 0 atom stereocenters. The molecule has 82 valence electrons. The molecule has 0 fully saturated rings. The molecular formula is C10H8BrN3O2. The summed E-state index contributed by atoms with van der Waals surface area (Å²) in [4.78, 5) is 17.3. The van der Waals surface area contributed by atoms with Crippen LogP contribution >= 0.6 is 15.9 Å². The summed E-state index contributed by atoms with van der Waals surface area (Å²) in [5, 5.41) is 0. The van der Waals surface area contributed by atoms with Gasteiger partial charge in [0.25, 0.3) is 5.56 Å². The van der Waals surface area contributed by atoms with Crippen molar-refractivity contribution in [1.29, 1.82) is 0 Å².